The maximum absolute atomic E-state index is 13.6. The smallest absolute Gasteiger partial charge is 0.257 e. The van der Waals surface area contributed by atoms with Crippen LogP contribution in [-0.2, 0) is 9.59 Å². The van der Waals surface area contributed by atoms with Gasteiger partial charge in [-0.05, 0) is 56.9 Å². The van der Waals surface area contributed by atoms with E-state index < -0.39 is 0 Å². The third-order valence-corrected chi connectivity index (χ3v) is 8.89. The second kappa shape index (κ2) is 11.5. The van der Waals surface area contributed by atoms with Crippen LogP contribution in [0.5, 0.6) is 5.75 Å². The summed E-state index contributed by atoms with van der Waals surface area (Å²) in [5, 5.41) is 3.51. The summed E-state index contributed by atoms with van der Waals surface area (Å²) in [6, 6.07) is 3.64. The first-order valence-corrected chi connectivity index (χ1v) is 13.8. The highest BCUT2D eigenvalue weighted by Crippen LogP contribution is 2.39. The van der Waals surface area contributed by atoms with Gasteiger partial charge < -0.3 is 19.9 Å². The van der Waals surface area contributed by atoms with Crippen molar-refractivity contribution in [2.75, 3.05) is 32.1 Å². The quantitative estimate of drug-likeness (QED) is 0.528. The Morgan fingerprint density at radius 1 is 1.25 bits per heavy atom. The van der Waals surface area contributed by atoms with E-state index in [1.54, 1.807) is 23.1 Å². The summed E-state index contributed by atoms with van der Waals surface area (Å²) in [5.74, 6) is 0.435. The van der Waals surface area contributed by atoms with Crippen molar-refractivity contribution in [3.8, 4) is 5.75 Å². The van der Waals surface area contributed by atoms with Crippen molar-refractivity contribution >= 4 is 46.0 Å². The number of nitrogens with one attached hydrogen (secondary N) is 1. The minimum atomic E-state index is -0.119. The Balaban J connectivity index is 1.51. The van der Waals surface area contributed by atoms with Gasteiger partial charge in [0.1, 0.15) is 5.75 Å². The summed E-state index contributed by atoms with van der Waals surface area (Å²) >= 11 is 2.94. The van der Waals surface area contributed by atoms with Crippen LogP contribution in [0.25, 0.3) is 0 Å². The van der Waals surface area contributed by atoms with E-state index in [-0.39, 0.29) is 29.7 Å². The molecule has 1 N–H and O–H groups in total. The number of anilines is 1. The van der Waals surface area contributed by atoms with Gasteiger partial charge in [-0.25, -0.2) is 4.98 Å². The number of hydrogen-bond acceptors (Lipinski definition) is 7. The zero-order chi connectivity index (χ0) is 25.8. The fraction of sp³-hybridized carbons (Fsp3) is 0.462. The van der Waals surface area contributed by atoms with Crippen LogP contribution >= 0.6 is 23.1 Å². The van der Waals surface area contributed by atoms with E-state index in [1.165, 1.54) is 29.2 Å². The number of benzene rings is 1. The molecule has 0 radical (unpaired) electrons. The van der Waals surface area contributed by atoms with Gasteiger partial charge in [0.15, 0.2) is 5.13 Å². The van der Waals surface area contributed by atoms with Crippen molar-refractivity contribution in [3.63, 3.8) is 0 Å². The molecule has 0 bridgehead atoms. The molecular formula is C26H32N4O4S2. The number of nitrogens with zero attached hydrogens (tertiary/aromatic N) is 3. The van der Waals surface area contributed by atoms with Crippen molar-refractivity contribution < 1.29 is 19.1 Å². The number of carbonyl (C=O) groups is 3. The molecular weight excluding hydrogens is 496 g/mol. The van der Waals surface area contributed by atoms with Crippen LogP contribution in [0.15, 0.2) is 40.1 Å². The Morgan fingerprint density at radius 3 is 2.69 bits per heavy atom. The molecule has 1 aromatic heterocycles. The Bertz CT molecular complexity index is 1160. The van der Waals surface area contributed by atoms with Crippen molar-refractivity contribution in [2.24, 2.45) is 5.92 Å². The normalized spacial score (nSPS) is 18.2. The molecule has 8 nitrogen and oxygen atoms in total. The average Bonchev–Trinajstić information content (AvgIpc) is 3.16. The summed E-state index contributed by atoms with van der Waals surface area (Å²) in [7, 11) is 1.56. The zero-order valence-corrected chi connectivity index (χ0v) is 22.5. The molecule has 1 atom stereocenters. The molecule has 1 saturated heterocycles. The first kappa shape index (κ1) is 26.2. The minimum Gasteiger partial charge on any atom is -0.496 e. The Morgan fingerprint density at radius 2 is 2.03 bits per heavy atom. The molecule has 2 fully saturated rings. The highest BCUT2D eigenvalue weighted by atomic mass is 32.2. The molecule has 1 aromatic carbocycles. The lowest BCUT2D eigenvalue weighted by Gasteiger charge is -2.28. The number of rotatable bonds is 7. The second-order valence-electron chi connectivity index (χ2n) is 9.21. The third kappa shape index (κ3) is 5.75. The van der Waals surface area contributed by atoms with Crippen molar-refractivity contribution in [1.82, 2.24) is 14.8 Å². The molecule has 0 spiro atoms. The van der Waals surface area contributed by atoms with E-state index in [4.69, 9.17) is 4.74 Å². The van der Waals surface area contributed by atoms with Gasteiger partial charge in [-0.15, -0.1) is 0 Å². The topological polar surface area (TPSA) is 91.8 Å². The standard InChI is InChI=1S/C26H32N4O4S2/c1-5-22(31)30-11-7-10-29(15-17(30)3)25(33)19-13-21(16(2)12-20(19)34-4)35-23-14-27-26(36-23)28-24(32)18-8-6-9-18/h5,12-14,17-18H,1,6-11,15H2,2-4H3,(H,27,28,32). The van der Waals surface area contributed by atoms with E-state index in [9.17, 15) is 14.4 Å². The first-order chi connectivity index (χ1) is 17.3. The highest BCUT2D eigenvalue weighted by molar-refractivity contribution is 8.01. The van der Waals surface area contributed by atoms with Crippen LogP contribution in [0.3, 0.4) is 0 Å². The number of ether oxygens (including phenoxy) is 1. The van der Waals surface area contributed by atoms with Crippen molar-refractivity contribution in [1.29, 1.82) is 0 Å². The summed E-state index contributed by atoms with van der Waals surface area (Å²) in [4.78, 5) is 46.9. The molecule has 2 aliphatic rings. The van der Waals surface area contributed by atoms with Crippen LogP contribution in [-0.4, -0.2) is 65.3 Å². The lowest BCUT2D eigenvalue weighted by Crippen LogP contribution is -2.43. The monoisotopic (exact) mass is 528 g/mol. The molecule has 2 aromatic rings. The lowest BCUT2D eigenvalue weighted by molar-refractivity contribution is -0.127. The van der Waals surface area contributed by atoms with E-state index in [1.807, 2.05) is 26.0 Å². The molecule has 2 heterocycles. The van der Waals surface area contributed by atoms with Crippen LogP contribution in [0, 0.1) is 12.8 Å². The molecule has 1 unspecified atom stereocenters. The van der Waals surface area contributed by atoms with Crippen LogP contribution in [0.2, 0.25) is 0 Å². The number of methoxy groups -OCH3 is 1. The predicted octanol–water partition coefficient (Wildman–Crippen LogP) is 4.60. The molecule has 192 valence electrons. The number of aromatic nitrogens is 1. The maximum Gasteiger partial charge on any atom is 0.257 e. The van der Waals surface area contributed by atoms with Gasteiger partial charge in [0.05, 0.1) is 23.1 Å². The van der Waals surface area contributed by atoms with Gasteiger partial charge in [-0.1, -0.05) is 36.1 Å². The highest BCUT2D eigenvalue weighted by Gasteiger charge is 2.29. The van der Waals surface area contributed by atoms with Gasteiger partial charge in [-0.3, -0.25) is 14.4 Å². The maximum atomic E-state index is 13.6. The average molecular weight is 529 g/mol. The largest absolute Gasteiger partial charge is 0.496 e. The fourth-order valence-electron chi connectivity index (χ4n) is 4.42. The Hall–Kier alpha value is -2.85. The van der Waals surface area contributed by atoms with Gasteiger partial charge in [0.2, 0.25) is 11.8 Å². The molecule has 36 heavy (non-hydrogen) atoms. The predicted molar refractivity (Wildman–Crippen MR) is 142 cm³/mol. The van der Waals surface area contributed by atoms with E-state index >= 15 is 0 Å². The molecule has 3 amide bonds. The zero-order valence-electron chi connectivity index (χ0n) is 20.9. The van der Waals surface area contributed by atoms with Crippen molar-refractivity contribution in [2.45, 2.75) is 54.7 Å². The number of hydrogen-bond donors (Lipinski definition) is 1. The van der Waals surface area contributed by atoms with E-state index in [0.29, 0.717) is 42.5 Å². The van der Waals surface area contributed by atoms with Crippen molar-refractivity contribution in [3.05, 3.63) is 42.1 Å². The van der Waals surface area contributed by atoms with Crippen LogP contribution in [0.4, 0.5) is 5.13 Å². The lowest BCUT2D eigenvalue weighted by atomic mass is 9.85. The number of amides is 3. The second-order valence-corrected chi connectivity index (χ2v) is 11.6. The summed E-state index contributed by atoms with van der Waals surface area (Å²) in [5.41, 5.74) is 1.47. The summed E-state index contributed by atoms with van der Waals surface area (Å²) < 4.78 is 6.50. The summed E-state index contributed by atoms with van der Waals surface area (Å²) in [6.45, 7) is 9.11. The Labute approximate surface area is 220 Å². The fourth-order valence-corrected chi connectivity index (χ4v) is 6.36. The number of thiazole rings is 1. The molecule has 1 aliphatic heterocycles. The first-order valence-electron chi connectivity index (χ1n) is 12.2. The number of aryl methyl sites for hydroxylation is 1. The number of carbonyl (C=O) groups excluding carboxylic acids is 3. The van der Waals surface area contributed by atoms with Gasteiger partial charge in [0.25, 0.3) is 5.91 Å². The minimum absolute atomic E-state index is 0.0423. The van der Waals surface area contributed by atoms with Crippen LogP contribution < -0.4 is 10.1 Å². The molecule has 4 rings (SSSR count). The molecule has 1 aliphatic carbocycles. The van der Waals surface area contributed by atoms with Gasteiger partial charge >= 0.3 is 0 Å². The van der Waals surface area contributed by atoms with Crippen LogP contribution in [0.1, 0.15) is 48.5 Å². The van der Waals surface area contributed by atoms with E-state index in [0.717, 1.165) is 33.9 Å². The SMILES string of the molecule is C=CC(=O)N1CCCN(C(=O)c2cc(Sc3cnc(NC(=O)C4CCC4)s3)c(C)cc2OC)CC1C. The van der Waals surface area contributed by atoms with Gasteiger partial charge in [0, 0.05) is 36.5 Å². The molecule has 1 saturated carbocycles. The Kier molecular flexibility index (Phi) is 8.35. The van der Waals surface area contributed by atoms with E-state index in [2.05, 4.69) is 16.9 Å². The van der Waals surface area contributed by atoms with Gasteiger partial charge in [-0.2, -0.15) is 0 Å². The summed E-state index contributed by atoms with van der Waals surface area (Å²) in [6.07, 6.45) is 6.76. The third-order valence-electron chi connectivity index (χ3n) is 6.72. The molecule has 10 heteroatoms.